The van der Waals surface area contributed by atoms with Crippen molar-refractivity contribution >= 4 is 35.4 Å². The summed E-state index contributed by atoms with van der Waals surface area (Å²) in [5.74, 6) is 1.99. The molecule has 1 aromatic carbocycles. The van der Waals surface area contributed by atoms with Crippen LogP contribution >= 0.6 is 11.6 Å². The molecule has 1 aliphatic rings. The molecule has 0 atom stereocenters. The highest BCUT2D eigenvalue weighted by molar-refractivity contribution is 6.30. The number of hydrogen-bond acceptors (Lipinski definition) is 6. The number of fused-ring (bicyclic) bond motifs is 1. The number of aryl methyl sites for hydroxylation is 2. The maximum Gasteiger partial charge on any atom is 0.238 e. The third kappa shape index (κ3) is 3.97. The Morgan fingerprint density at radius 2 is 1.88 bits per heavy atom. The molecule has 162 valence electrons. The summed E-state index contributed by atoms with van der Waals surface area (Å²) >= 11 is 6.04. The molecule has 0 amide bonds. The Morgan fingerprint density at radius 1 is 1.03 bits per heavy atom. The van der Waals surface area contributed by atoms with Crippen molar-refractivity contribution in [3.8, 4) is 11.6 Å². The predicted octanol–water partition coefficient (Wildman–Crippen LogP) is 4.54. The molecule has 1 aliphatic heterocycles. The molecule has 0 unspecified atom stereocenters. The van der Waals surface area contributed by atoms with E-state index in [4.69, 9.17) is 21.3 Å². The van der Waals surface area contributed by atoms with Gasteiger partial charge in [-0.15, -0.1) is 5.10 Å². The first-order valence-electron chi connectivity index (χ1n) is 10.3. The number of aromatic nitrogens is 6. The average Bonchev–Trinajstić information content (AvgIpc) is 3.43. The van der Waals surface area contributed by atoms with Crippen LogP contribution in [0.5, 0.6) is 5.88 Å². The Balaban J connectivity index is 1.40. The molecule has 5 rings (SSSR count). The highest BCUT2D eigenvalue weighted by Gasteiger charge is 2.22. The van der Waals surface area contributed by atoms with E-state index in [1.165, 1.54) is 0 Å². The van der Waals surface area contributed by atoms with Crippen molar-refractivity contribution in [1.82, 2.24) is 29.3 Å². The van der Waals surface area contributed by atoms with Gasteiger partial charge in [-0.05, 0) is 61.9 Å². The second kappa shape index (κ2) is 8.47. The van der Waals surface area contributed by atoms with Crippen LogP contribution in [-0.2, 0) is 6.54 Å². The van der Waals surface area contributed by atoms with Gasteiger partial charge in [0.25, 0.3) is 0 Å². The van der Waals surface area contributed by atoms with Crippen LogP contribution in [0.1, 0.15) is 23.6 Å². The quantitative estimate of drug-likeness (QED) is 0.447. The van der Waals surface area contributed by atoms with Gasteiger partial charge in [0.05, 0.1) is 24.8 Å². The Morgan fingerprint density at radius 3 is 2.62 bits per heavy atom. The van der Waals surface area contributed by atoms with E-state index < -0.39 is 0 Å². The van der Waals surface area contributed by atoms with Crippen LogP contribution in [0.15, 0.2) is 48.9 Å². The number of halogens is 1. The third-order valence-corrected chi connectivity index (χ3v) is 5.50. The predicted molar refractivity (Wildman–Crippen MR) is 125 cm³/mol. The minimum atomic E-state index is 0.524. The minimum absolute atomic E-state index is 0.524. The molecule has 8 nitrogen and oxygen atoms in total. The van der Waals surface area contributed by atoms with Gasteiger partial charge in [-0.2, -0.15) is 4.98 Å². The fourth-order valence-corrected chi connectivity index (χ4v) is 3.84. The summed E-state index contributed by atoms with van der Waals surface area (Å²) in [7, 11) is 1.61. The Labute approximate surface area is 190 Å². The van der Waals surface area contributed by atoms with Crippen molar-refractivity contribution in [1.29, 1.82) is 0 Å². The van der Waals surface area contributed by atoms with Gasteiger partial charge in [0.2, 0.25) is 11.8 Å². The van der Waals surface area contributed by atoms with Gasteiger partial charge in [-0.1, -0.05) is 11.6 Å². The molecule has 0 saturated heterocycles. The Hall–Kier alpha value is -3.65. The van der Waals surface area contributed by atoms with E-state index in [1.807, 2.05) is 70.9 Å². The molecule has 4 heterocycles. The van der Waals surface area contributed by atoms with Crippen LogP contribution in [0.25, 0.3) is 17.8 Å². The van der Waals surface area contributed by atoms with E-state index in [0.29, 0.717) is 16.7 Å². The topological polar surface area (TPSA) is 73.9 Å². The molecule has 0 fully saturated rings. The maximum absolute atomic E-state index is 6.04. The fourth-order valence-electron chi connectivity index (χ4n) is 3.72. The van der Waals surface area contributed by atoms with Crippen LogP contribution in [0, 0.1) is 6.92 Å². The second-order valence-electron chi connectivity index (χ2n) is 7.49. The van der Waals surface area contributed by atoms with E-state index in [2.05, 4.69) is 20.0 Å². The number of ether oxygens (including phenoxy) is 1. The van der Waals surface area contributed by atoms with E-state index in [9.17, 15) is 0 Å². The molecule has 0 aliphatic carbocycles. The molecule has 3 aromatic heterocycles. The van der Waals surface area contributed by atoms with Crippen LogP contribution < -0.4 is 9.64 Å². The first kappa shape index (κ1) is 20.3. The van der Waals surface area contributed by atoms with Crippen molar-refractivity contribution in [2.24, 2.45) is 0 Å². The van der Waals surface area contributed by atoms with Gasteiger partial charge in [0.1, 0.15) is 5.69 Å². The van der Waals surface area contributed by atoms with Gasteiger partial charge in [-0.25, -0.2) is 14.6 Å². The zero-order valence-corrected chi connectivity index (χ0v) is 18.6. The molecule has 0 spiro atoms. The largest absolute Gasteiger partial charge is 0.479 e. The van der Waals surface area contributed by atoms with Crippen molar-refractivity contribution < 1.29 is 4.74 Å². The maximum atomic E-state index is 6.04. The Kier molecular flexibility index (Phi) is 5.36. The summed E-state index contributed by atoms with van der Waals surface area (Å²) < 4.78 is 9.33. The molecule has 0 bridgehead atoms. The van der Waals surface area contributed by atoms with E-state index in [1.54, 1.807) is 13.4 Å². The van der Waals surface area contributed by atoms with E-state index in [0.717, 1.165) is 48.2 Å². The molecule has 0 N–H and O–H groups in total. The van der Waals surface area contributed by atoms with E-state index >= 15 is 0 Å². The zero-order chi connectivity index (χ0) is 22.1. The lowest BCUT2D eigenvalue weighted by atomic mass is 10.2. The molecular weight excluding hydrogens is 426 g/mol. The van der Waals surface area contributed by atoms with Crippen molar-refractivity contribution in [2.45, 2.75) is 19.9 Å². The van der Waals surface area contributed by atoms with Crippen LogP contribution in [0.4, 0.5) is 11.6 Å². The van der Waals surface area contributed by atoms with Crippen LogP contribution in [-0.4, -0.2) is 43.0 Å². The minimum Gasteiger partial charge on any atom is -0.479 e. The lowest BCUT2D eigenvalue weighted by Crippen LogP contribution is -2.28. The summed E-state index contributed by atoms with van der Waals surface area (Å²) in [6.07, 6.45) is 8.43. The highest BCUT2D eigenvalue weighted by Crippen LogP contribution is 2.29. The summed E-state index contributed by atoms with van der Waals surface area (Å²) in [4.78, 5) is 15.8. The number of rotatable bonds is 5. The standard InChI is InChI=1S/C23H22ClN7O/c1-16-14-29(15-25-16)20-10-6-18(26-22(20)32-2)7-11-21-27-23-30(12-3-13-31(23)28-21)19-8-4-17(24)5-9-19/h4-11,14-15H,3,12-13H2,1-2H3/b11-7+. The van der Waals surface area contributed by atoms with Gasteiger partial charge >= 0.3 is 0 Å². The molecule has 0 saturated carbocycles. The lowest BCUT2D eigenvalue weighted by Gasteiger charge is -2.27. The van der Waals surface area contributed by atoms with Crippen LogP contribution in [0.3, 0.4) is 0 Å². The Bertz CT molecular complexity index is 1280. The number of anilines is 2. The van der Waals surface area contributed by atoms with Crippen LogP contribution in [0.2, 0.25) is 5.02 Å². The molecule has 32 heavy (non-hydrogen) atoms. The van der Waals surface area contributed by atoms with Gasteiger partial charge in [0.15, 0.2) is 5.82 Å². The molecule has 0 radical (unpaired) electrons. The highest BCUT2D eigenvalue weighted by atomic mass is 35.5. The van der Waals surface area contributed by atoms with Crippen molar-refractivity contribution in [3.05, 3.63) is 71.2 Å². The smallest absolute Gasteiger partial charge is 0.238 e. The van der Waals surface area contributed by atoms with Gasteiger partial charge < -0.3 is 14.2 Å². The fraction of sp³-hybridized carbons (Fsp3) is 0.217. The van der Waals surface area contributed by atoms with Gasteiger partial charge in [0, 0.05) is 30.0 Å². The summed E-state index contributed by atoms with van der Waals surface area (Å²) in [6.45, 7) is 3.67. The average molecular weight is 448 g/mol. The van der Waals surface area contributed by atoms with Crippen molar-refractivity contribution in [2.75, 3.05) is 18.6 Å². The normalized spacial score (nSPS) is 13.5. The number of imidazole rings is 1. The number of pyridine rings is 1. The first-order valence-corrected chi connectivity index (χ1v) is 10.7. The number of benzene rings is 1. The molecule has 4 aromatic rings. The lowest BCUT2D eigenvalue weighted by molar-refractivity contribution is 0.395. The second-order valence-corrected chi connectivity index (χ2v) is 7.93. The van der Waals surface area contributed by atoms with Crippen molar-refractivity contribution in [3.63, 3.8) is 0 Å². The molecular formula is C23H22ClN7O. The third-order valence-electron chi connectivity index (χ3n) is 5.25. The summed E-state index contributed by atoms with van der Waals surface area (Å²) in [5.41, 5.74) is 3.57. The van der Waals surface area contributed by atoms with E-state index in [-0.39, 0.29) is 0 Å². The number of methoxy groups -OCH3 is 1. The summed E-state index contributed by atoms with van der Waals surface area (Å²) in [6, 6.07) is 11.7. The summed E-state index contributed by atoms with van der Waals surface area (Å²) in [5, 5.41) is 5.36. The monoisotopic (exact) mass is 447 g/mol. The first-order chi connectivity index (χ1) is 15.6. The number of hydrogen-bond donors (Lipinski definition) is 0. The zero-order valence-electron chi connectivity index (χ0n) is 17.8. The SMILES string of the molecule is COc1nc(/C=C/c2nc3n(n2)CCCN3c2ccc(Cl)cc2)ccc1-n1cnc(C)c1. The molecule has 9 heteroatoms. The number of nitrogens with zero attached hydrogens (tertiary/aromatic N) is 7. The van der Waals surface area contributed by atoms with Gasteiger partial charge in [-0.3, -0.25) is 0 Å².